The van der Waals surface area contributed by atoms with Crippen molar-refractivity contribution in [1.82, 2.24) is 4.98 Å². The predicted molar refractivity (Wildman–Crippen MR) is 56.3 cm³/mol. The van der Waals surface area contributed by atoms with E-state index in [2.05, 4.69) is 4.98 Å². The molecule has 0 aliphatic heterocycles. The summed E-state index contributed by atoms with van der Waals surface area (Å²) in [6.07, 6.45) is 3.51. The quantitative estimate of drug-likeness (QED) is 0.628. The molecular formula is C10H10BNO2. The molecular weight excluding hydrogens is 177 g/mol. The molecule has 1 aromatic carbocycles. The Hall–Kier alpha value is -1.39. The molecule has 14 heavy (non-hydrogen) atoms. The van der Waals surface area contributed by atoms with Gasteiger partial charge in [-0.2, -0.15) is 0 Å². The molecule has 3 nitrogen and oxygen atoms in total. The zero-order valence-electron chi connectivity index (χ0n) is 7.81. The summed E-state index contributed by atoms with van der Waals surface area (Å²) in [4.78, 5) is 4.05. The summed E-state index contributed by atoms with van der Waals surface area (Å²) < 4.78 is 0. The number of hydrogen-bond donors (Lipinski definition) is 2. The lowest BCUT2D eigenvalue weighted by molar-refractivity contribution is 0.426. The van der Waals surface area contributed by atoms with Gasteiger partial charge in [-0.1, -0.05) is 18.2 Å². The minimum atomic E-state index is -1.42. The van der Waals surface area contributed by atoms with Crippen LogP contribution in [0.25, 0.3) is 10.8 Å². The summed E-state index contributed by atoms with van der Waals surface area (Å²) in [5, 5.41) is 20.0. The highest BCUT2D eigenvalue weighted by Crippen LogP contribution is 2.14. The van der Waals surface area contributed by atoms with Gasteiger partial charge >= 0.3 is 7.12 Å². The van der Waals surface area contributed by atoms with Crippen LogP contribution < -0.4 is 5.46 Å². The maximum Gasteiger partial charge on any atom is 0.488 e. The van der Waals surface area contributed by atoms with Gasteiger partial charge in [0, 0.05) is 12.4 Å². The predicted octanol–water partition coefficient (Wildman–Crippen LogP) is 0.223. The van der Waals surface area contributed by atoms with Crippen LogP contribution in [0.5, 0.6) is 0 Å². The monoisotopic (exact) mass is 187 g/mol. The van der Waals surface area contributed by atoms with Gasteiger partial charge in [0.25, 0.3) is 0 Å². The Kier molecular flexibility index (Phi) is 2.23. The van der Waals surface area contributed by atoms with Gasteiger partial charge in [0.2, 0.25) is 0 Å². The molecule has 0 fully saturated rings. The Balaban J connectivity index is 2.67. The summed E-state index contributed by atoms with van der Waals surface area (Å²) in [6.45, 7) is 1.98. The van der Waals surface area contributed by atoms with Crippen molar-refractivity contribution in [3.05, 3.63) is 36.2 Å². The second-order valence-electron chi connectivity index (χ2n) is 3.31. The number of rotatable bonds is 1. The topological polar surface area (TPSA) is 53.4 Å². The lowest BCUT2D eigenvalue weighted by Gasteiger charge is -2.03. The molecule has 1 heterocycles. The van der Waals surface area contributed by atoms with Crippen molar-refractivity contribution in [3.63, 3.8) is 0 Å². The first-order chi connectivity index (χ1) is 6.68. The Morgan fingerprint density at radius 3 is 2.71 bits per heavy atom. The molecule has 0 aliphatic rings. The number of aromatic nitrogens is 1. The average Bonchev–Trinajstić information content (AvgIpc) is 2.17. The van der Waals surface area contributed by atoms with Crippen molar-refractivity contribution in [1.29, 1.82) is 0 Å². The summed E-state index contributed by atoms with van der Waals surface area (Å²) >= 11 is 0. The van der Waals surface area contributed by atoms with Crippen LogP contribution in [-0.2, 0) is 0 Å². The van der Waals surface area contributed by atoms with Crippen LogP contribution in [0.2, 0.25) is 0 Å². The Morgan fingerprint density at radius 2 is 2.00 bits per heavy atom. The summed E-state index contributed by atoms with van der Waals surface area (Å²) in [6, 6.07) is 5.32. The molecule has 0 saturated carbocycles. The molecule has 0 bridgehead atoms. The first-order valence-corrected chi connectivity index (χ1v) is 4.39. The Morgan fingerprint density at radius 1 is 1.21 bits per heavy atom. The third-order valence-corrected chi connectivity index (χ3v) is 2.28. The number of fused-ring (bicyclic) bond motifs is 1. The largest absolute Gasteiger partial charge is 0.488 e. The molecule has 2 N–H and O–H groups in total. The fourth-order valence-electron chi connectivity index (χ4n) is 1.51. The highest BCUT2D eigenvalue weighted by Gasteiger charge is 2.10. The van der Waals surface area contributed by atoms with Gasteiger partial charge < -0.3 is 10.0 Å². The van der Waals surface area contributed by atoms with Crippen LogP contribution in [0.15, 0.2) is 30.6 Å². The fourth-order valence-corrected chi connectivity index (χ4v) is 1.51. The van der Waals surface area contributed by atoms with Crippen LogP contribution in [0.1, 0.15) is 5.56 Å². The van der Waals surface area contributed by atoms with Gasteiger partial charge in [0.15, 0.2) is 0 Å². The molecule has 0 aliphatic carbocycles. The van der Waals surface area contributed by atoms with Crippen molar-refractivity contribution < 1.29 is 10.0 Å². The van der Waals surface area contributed by atoms with Crippen LogP contribution in [-0.4, -0.2) is 22.2 Å². The number of pyridine rings is 1. The Labute approximate surface area is 82.2 Å². The number of aryl methyl sites for hydroxylation is 1. The van der Waals surface area contributed by atoms with E-state index in [1.165, 1.54) is 0 Å². The van der Waals surface area contributed by atoms with Crippen molar-refractivity contribution in [2.45, 2.75) is 6.92 Å². The molecule has 1 aromatic heterocycles. The lowest BCUT2D eigenvalue weighted by atomic mass is 9.79. The van der Waals surface area contributed by atoms with Gasteiger partial charge in [-0.3, -0.25) is 4.98 Å². The molecule has 0 amide bonds. The zero-order valence-corrected chi connectivity index (χ0v) is 7.81. The Bertz CT molecular complexity index is 471. The molecule has 0 spiro atoms. The van der Waals surface area contributed by atoms with Gasteiger partial charge in [-0.15, -0.1) is 0 Å². The standard InChI is InChI=1S/C10H10BNO2/c1-7-5-12-6-8-4-9(11(13)14)2-3-10(7)8/h2-6,13-14H,1H3. The minimum Gasteiger partial charge on any atom is -0.423 e. The second-order valence-corrected chi connectivity index (χ2v) is 3.31. The van der Waals surface area contributed by atoms with Gasteiger partial charge in [0.1, 0.15) is 0 Å². The van der Waals surface area contributed by atoms with Gasteiger partial charge in [-0.05, 0) is 28.7 Å². The summed E-state index contributed by atoms with van der Waals surface area (Å²) in [5.41, 5.74) is 1.58. The SMILES string of the molecule is Cc1cncc2cc(B(O)O)ccc12. The first kappa shape index (κ1) is 9.18. The van der Waals surface area contributed by atoms with Crippen LogP contribution in [0, 0.1) is 6.92 Å². The van der Waals surface area contributed by atoms with E-state index < -0.39 is 7.12 Å². The maximum atomic E-state index is 8.99. The molecule has 0 atom stereocenters. The van der Waals surface area contributed by atoms with Gasteiger partial charge in [0.05, 0.1) is 0 Å². The molecule has 0 radical (unpaired) electrons. The van der Waals surface area contributed by atoms with Gasteiger partial charge in [-0.25, -0.2) is 0 Å². The van der Waals surface area contributed by atoms with E-state index in [0.29, 0.717) is 5.46 Å². The highest BCUT2D eigenvalue weighted by atomic mass is 16.4. The molecule has 2 aromatic rings. The van der Waals surface area contributed by atoms with E-state index in [9.17, 15) is 0 Å². The number of nitrogens with zero attached hydrogens (tertiary/aromatic N) is 1. The van der Waals surface area contributed by atoms with E-state index in [0.717, 1.165) is 16.3 Å². The average molecular weight is 187 g/mol. The third-order valence-electron chi connectivity index (χ3n) is 2.28. The maximum absolute atomic E-state index is 8.99. The second kappa shape index (κ2) is 3.40. The van der Waals surface area contributed by atoms with Crippen molar-refractivity contribution in [3.8, 4) is 0 Å². The molecule has 2 rings (SSSR count). The van der Waals surface area contributed by atoms with Crippen LogP contribution in [0.4, 0.5) is 0 Å². The molecule has 0 saturated heterocycles. The molecule has 70 valence electrons. The van der Waals surface area contributed by atoms with Crippen molar-refractivity contribution >= 4 is 23.4 Å². The van der Waals surface area contributed by atoms with E-state index in [1.54, 1.807) is 24.5 Å². The van der Waals surface area contributed by atoms with E-state index in [1.807, 2.05) is 13.0 Å². The summed E-state index contributed by atoms with van der Waals surface area (Å²) in [5.74, 6) is 0. The fraction of sp³-hybridized carbons (Fsp3) is 0.100. The van der Waals surface area contributed by atoms with Crippen molar-refractivity contribution in [2.75, 3.05) is 0 Å². The zero-order chi connectivity index (χ0) is 10.1. The third kappa shape index (κ3) is 1.50. The molecule has 0 unspecified atom stereocenters. The van der Waals surface area contributed by atoms with Crippen molar-refractivity contribution in [2.24, 2.45) is 0 Å². The minimum absolute atomic E-state index is 0.491. The number of hydrogen-bond acceptors (Lipinski definition) is 3. The van der Waals surface area contributed by atoms with Crippen LogP contribution >= 0.6 is 0 Å². The van der Waals surface area contributed by atoms with E-state index >= 15 is 0 Å². The smallest absolute Gasteiger partial charge is 0.423 e. The lowest BCUT2D eigenvalue weighted by Crippen LogP contribution is -2.29. The highest BCUT2D eigenvalue weighted by molar-refractivity contribution is 6.58. The summed E-state index contributed by atoms with van der Waals surface area (Å²) in [7, 11) is -1.42. The number of benzene rings is 1. The first-order valence-electron chi connectivity index (χ1n) is 4.39. The normalized spacial score (nSPS) is 10.5. The van der Waals surface area contributed by atoms with E-state index in [4.69, 9.17) is 10.0 Å². The van der Waals surface area contributed by atoms with Crippen LogP contribution in [0.3, 0.4) is 0 Å². The molecule has 4 heteroatoms. The van der Waals surface area contributed by atoms with E-state index in [-0.39, 0.29) is 0 Å².